The van der Waals surface area contributed by atoms with Crippen LogP contribution in [0.15, 0.2) is 23.2 Å². The summed E-state index contributed by atoms with van der Waals surface area (Å²) in [6.45, 7) is 2.94. The van der Waals surface area contributed by atoms with Crippen LogP contribution >= 0.6 is 0 Å². The summed E-state index contributed by atoms with van der Waals surface area (Å²) in [5.74, 6) is 1.70. The van der Waals surface area contributed by atoms with E-state index in [0.717, 1.165) is 36.5 Å². The number of benzene rings is 1. The van der Waals surface area contributed by atoms with Gasteiger partial charge in [0, 0.05) is 18.2 Å². The molecule has 1 aromatic carbocycles. The molecule has 1 atom stereocenters. The maximum atomic E-state index is 11.6. The number of carbonyl (C=O) groups excluding carboxylic acids is 1. The molecule has 1 fully saturated rings. The summed E-state index contributed by atoms with van der Waals surface area (Å²) < 4.78 is 16.7. The minimum absolute atomic E-state index is 0.193. The number of esters is 1. The van der Waals surface area contributed by atoms with Gasteiger partial charge in [-0.3, -0.25) is 9.79 Å². The lowest BCUT2D eigenvalue weighted by Gasteiger charge is -2.18. The molecule has 3 rings (SSSR count). The van der Waals surface area contributed by atoms with Gasteiger partial charge in [-0.15, -0.1) is 0 Å². The third-order valence-corrected chi connectivity index (χ3v) is 4.93. The third-order valence-electron chi connectivity index (χ3n) is 4.93. The molecule has 2 aliphatic rings. The second kappa shape index (κ2) is 8.37. The number of methoxy groups -OCH3 is 1. The van der Waals surface area contributed by atoms with E-state index in [0.29, 0.717) is 31.6 Å². The molecule has 0 spiro atoms. The van der Waals surface area contributed by atoms with Crippen molar-refractivity contribution >= 4 is 11.7 Å². The topological polar surface area (TPSA) is 57.1 Å². The van der Waals surface area contributed by atoms with Crippen molar-refractivity contribution in [1.82, 2.24) is 0 Å². The van der Waals surface area contributed by atoms with Gasteiger partial charge in [-0.05, 0) is 56.7 Å². The fourth-order valence-electron chi connectivity index (χ4n) is 3.61. The number of hydrogen-bond acceptors (Lipinski definition) is 5. The normalized spacial score (nSPS) is 20.4. The Bertz CT molecular complexity index is 635. The summed E-state index contributed by atoms with van der Waals surface area (Å²) in [5.41, 5.74) is 2.12. The molecular weight excluding hydrogens is 318 g/mol. The number of carbonyl (C=O) groups is 1. The number of ether oxygens (including phenoxy) is 3. The highest BCUT2D eigenvalue weighted by atomic mass is 16.5. The molecule has 1 aliphatic carbocycles. The summed E-state index contributed by atoms with van der Waals surface area (Å²) in [6, 6.07) is 6.14. The van der Waals surface area contributed by atoms with Crippen LogP contribution in [-0.2, 0) is 9.53 Å². The molecule has 0 saturated heterocycles. The Morgan fingerprint density at radius 1 is 1.24 bits per heavy atom. The fraction of sp³-hybridized carbons (Fsp3) is 0.600. The molecule has 0 aromatic heterocycles. The van der Waals surface area contributed by atoms with Crippen LogP contribution in [0.4, 0.5) is 0 Å². The van der Waals surface area contributed by atoms with Crippen molar-refractivity contribution in [1.29, 1.82) is 0 Å². The Morgan fingerprint density at radius 2 is 2.04 bits per heavy atom. The van der Waals surface area contributed by atoms with Gasteiger partial charge in [0.05, 0.1) is 26.2 Å². The van der Waals surface area contributed by atoms with Gasteiger partial charge in [0.15, 0.2) is 11.5 Å². The van der Waals surface area contributed by atoms with Crippen molar-refractivity contribution in [2.24, 2.45) is 4.99 Å². The zero-order chi connectivity index (χ0) is 17.6. The Morgan fingerprint density at radius 3 is 2.76 bits per heavy atom. The predicted molar refractivity (Wildman–Crippen MR) is 96.8 cm³/mol. The van der Waals surface area contributed by atoms with Crippen molar-refractivity contribution in [3.05, 3.63) is 23.8 Å². The Hall–Kier alpha value is -2.04. The van der Waals surface area contributed by atoms with Crippen LogP contribution in [0.2, 0.25) is 0 Å². The van der Waals surface area contributed by atoms with Crippen molar-refractivity contribution in [2.75, 3.05) is 20.3 Å². The molecule has 0 bridgehead atoms. The number of rotatable bonds is 7. The highest BCUT2D eigenvalue weighted by Crippen LogP contribution is 2.36. The number of hydrogen-bond donors (Lipinski definition) is 0. The quantitative estimate of drug-likeness (QED) is 0.703. The van der Waals surface area contributed by atoms with E-state index in [4.69, 9.17) is 14.2 Å². The lowest BCUT2D eigenvalue weighted by atomic mass is 9.95. The van der Waals surface area contributed by atoms with Crippen molar-refractivity contribution in [2.45, 2.75) is 57.5 Å². The fourth-order valence-corrected chi connectivity index (χ4v) is 3.61. The molecule has 136 valence electrons. The van der Waals surface area contributed by atoms with Gasteiger partial charge in [0.25, 0.3) is 0 Å². The van der Waals surface area contributed by atoms with E-state index in [1.807, 2.05) is 13.0 Å². The zero-order valence-corrected chi connectivity index (χ0v) is 15.1. The molecule has 1 aromatic rings. The van der Waals surface area contributed by atoms with Crippen LogP contribution in [-0.4, -0.2) is 38.0 Å². The van der Waals surface area contributed by atoms with Gasteiger partial charge >= 0.3 is 5.97 Å². The maximum absolute atomic E-state index is 11.6. The largest absolute Gasteiger partial charge is 0.493 e. The van der Waals surface area contributed by atoms with Crippen molar-refractivity contribution < 1.29 is 19.0 Å². The lowest BCUT2D eigenvalue weighted by molar-refractivity contribution is -0.141. The second-order valence-electron chi connectivity index (χ2n) is 6.72. The van der Waals surface area contributed by atoms with Crippen molar-refractivity contribution in [3.63, 3.8) is 0 Å². The van der Waals surface area contributed by atoms with Crippen molar-refractivity contribution in [3.8, 4) is 11.5 Å². The first kappa shape index (κ1) is 17.8. The van der Waals surface area contributed by atoms with Gasteiger partial charge in [0.2, 0.25) is 0 Å². The van der Waals surface area contributed by atoms with Gasteiger partial charge in [0.1, 0.15) is 0 Å². The van der Waals surface area contributed by atoms with Gasteiger partial charge in [-0.25, -0.2) is 0 Å². The molecule has 5 heteroatoms. The smallest absolute Gasteiger partial charge is 0.311 e. The molecule has 25 heavy (non-hydrogen) atoms. The summed E-state index contributed by atoms with van der Waals surface area (Å²) in [5, 5.41) is 0. The first-order valence-corrected chi connectivity index (χ1v) is 9.22. The van der Waals surface area contributed by atoms with E-state index in [2.05, 4.69) is 17.1 Å². The van der Waals surface area contributed by atoms with Gasteiger partial charge in [-0.1, -0.05) is 6.07 Å². The Balaban J connectivity index is 1.65. The van der Waals surface area contributed by atoms with Crippen LogP contribution in [0.3, 0.4) is 0 Å². The highest BCUT2D eigenvalue weighted by molar-refractivity contribution is 6.00. The SMILES string of the molecule is CCOC(=O)CC1=NC[C@@H](c2ccc(OC)c(OC3CCCC3)c2)C1. The van der Waals surface area contributed by atoms with E-state index in [1.165, 1.54) is 18.4 Å². The molecule has 5 nitrogen and oxygen atoms in total. The van der Waals surface area contributed by atoms with E-state index in [9.17, 15) is 4.79 Å². The van der Waals surface area contributed by atoms with E-state index < -0.39 is 0 Å². The maximum Gasteiger partial charge on any atom is 0.311 e. The van der Waals surface area contributed by atoms with Crippen LogP contribution in [0, 0.1) is 0 Å². The number of nitrogens with zero attached hydrogens (tertiary/aromatic N) is 1. The Labute approximate surface area is 149 Å². The van der Waals surface area contributed by atoms with Crippen LogP contribution in [0.25, 0.3) is 0 Å². The average molecular weight is 345 g/mol. The molecular formula is C20H27NO4. The molecule has 0 unspecified atom stereocenters. The number of aliphatic imine (C=N–C) groups is 1. The van der Waals surface area contributed by atoms with Crippen LogP contribution < -0.4 is 9.47 Å². The minimum atomic E-state index is -0.193. The second-order valence-corrected chi connectivity index (χ2v) is 6.72. The first-order chi connectivity index (χ1) is 12.2. The van der Waals surface area contributed by atoms with Crippen LogP contribution in [0.1, 0.15) is 56.9 Å². The monoisotopic (exact) mass is 345 g/mol. The highest BCUT2D eigenvalue weighted by Gasteiger charge is 2.24. The molecule has 1 heterocycles. The van der Waals surface area contributed by atoms with E-state index in [1.54, 1.807) is 7.11 Å². The van der Waals surface area contributed by atoms with Gasteiger partial charge in [-0.2, -0.15) is 0 Å². The lowest BCUT2D eigenvalue weighted by Crippen LogP contribution is -2.12. The molecule has 0 amide bonds. The average Bonchev–Trinajstić information content (AvgIpc) is 3.27. The Kier molecular flexibility index (Phi) is 5.95. The summed E-state index contributed by atoms with van der Waals surface area (Å²) in [7, 11) is 1.67. The summed E-state index contributed by atoms with van der Waals surface area (Å²) in [4.78, 5) is 16.2. The standard InChI is InChI=1S/C20H27NO4/c1-3-24-20(22)12-16-10-15(13-21-16)14-8-9-18(23-2)19(11-14)25-17-6-4-5-7-17/h8-9,11,15,17H,3-7,10,12-13H2,1-2H3/t15-/m0/s1. The van der Waals surface area contributed by atoms with Crippen LogP contribution in [0.5, 0.6) is 11.5 Å². The minimum Gasteiger partial charge on any atom is -0.493 e. The van der Waals surface area contributed by atoms with Gasteiger partial charge < -0.3 is 14.2 Å². The predicted octanol–water partition coefficient (Wildman–Crippen LogP) is 3.90. The molecule has 0 N–H and O–H groups in total. The van der Waals surface area contributed by atoms with E-state index >= 15 is 0 Å². The third kappa shape index (κ3) is 4.53. The first-order valence-electron chi connectivity index (χ1n) is 9.22. The van der Waals surface area contributed by atoms with E-state index in [-0.39, 0.29) is 5.97 Å². The molecule has 1 aliphatic heterocycles. The summed E-state index contributed by atoms with van der Waals surface area (Å²) >= 11 is 0. The molecule has 0 radical (unpaired) electrons. The molecule has 1 saturated carbocycles. The zero-order valence-electron chi connectivity index (χ0n) is 15.1. The summed E-state index contributed by atoms with van der Waals surface area (Å²) in [6.07, 6.45) is 6.09.